The number of nitrogens with one attached hydrogen (secondary N) is 1. The van der Waals surface area contributed by atoms with Crippen LogP contribution >= 0.6 is 38.5 Å². The largest absolute Gasteiger partial charge is 0.306 e. The maximum absolute atomic E-state index is 12.5. The molecule has 0 aromatic carbocycles. The smallest absolute Gasteiger partial charge is 0.215 e. The number of aromatic amines is 1. The Labute approximate surface area is 82.3 Å². The maximum Gasteiger partial charge on any atom is 0.215 e. The predicted molar refractivity (Wildman–Crippen MR) is 47.4 cm³/mol. The molecule has 0 atom stereocenters. The van der Waals surface area contributed by atoms with Crippen molar-refractivity contribution < 1.29 is 8.78 Å². The minimum absolute atomic E-state index is 0.157. The topological polar surface area (TPSA) is 32.9 Å². The lowest BCUT2D eigenvalue weighted by Crippen LogP contribution is -2.13. The van der Waals surface area contributed by atoms with Gasteiger partial charge >= 0.3 is 0 Å². The van der Waals surface area contributed by atoms with E-state index in [0.717, 1.165) is 0 Å². The second-order valence-electron chi connectivity index (χ2n) is 1.71. The van der Waals surface area contributed by atoms with Crippen molar-refractivity contribution in [2.24, 2.45) is 0 Å². The molecule has 0 spiro atoms. The van der Waals surface area contributed by atoms with Gasteiger partial charge in [-0.1, -0.05) is 0 Å². The highest BCUT2D eigenvalue weighted by Gasteiger charge is 2.11. The van der Waals surface area contributed by atoms with Crippen LogP contribution in [-0.2, 0) is 0 Å². The van der Waals surface area contributed by atoms with Gasteiger partial charge in [0.25, 0.3) is 0 Å². The standard InChI is InChI=1S/C5HBrF2INO/c6-1-3(11)2(9)5(8)10-4(1)7/h(H,10,11). The van der Waals surface area contributed by atoms with Crippen LogP contribution in [0.25, 0.3) is 0 Å². The van der Waals surface area contributed by atoms with Gasteiger partial charge in [-0.2, -0.15) is 8.78 Å². The van der Waals surface area contributed by atoms with Gasteiger partial charge in [0.15, 0.2) is 0 Å². The molecule has 0 amide bonds. The van der Waals surface area contributed by atoms with E-state index in [-0.39, 0.29) is 8.04 Å². The second-order valence-corrected chi connectivity index (χ2v) is 3.58. The van der Waals surface area contributed by atoms with Crippen molar-refractivity contribution in [1.82, 2.24) is 4.98 Å². The summed E-state index contributed by atoms with van der Waals surface area (Å²) in [5.41, 5.74) is -0.681. The van der Waals surface area contributed by atoms with E-state index in [4.69, 9.17) is 0 Å². The molecule has 1 rings (SSSR count). The molecule has 2 nitrogen and oxygen atoms in total. The summed E-state index contributed by atoms with van der Waals surface area (Å²) < 4.78 is 24.5. The minimum Gasteiger partial charge on any atom is -0.306 e. The van der Waals surface area contributed by atoms with Gasteiger partial charge in [0.1, 0.15) is 8.04 Å². The highest BCUT2D eigenvalue weighted by Crippen LogP contribution is 2.11. The van der Waals surface area contributed by atoms with Crippen LogP contribution in [-0.4, -0.2) is 4.98 Å². The van der Waals surface area contributed by atoms with Crippen molar-refractivity contribution in [1.29, 1.82) is 0 Å². The Kier molecular flexibility index (Phi) is 2.63. The van der Waals surface area contributed by atoms with Crippen LogP contribution in [0.2, 0.25) is 0 Å². The van der Waals surface area contributed by atoms with E-state index in [0.29, 0.717) is 0 Å². The Balaban J connectivity index is 3.59. The Morgan fingerprint density at radius 1 is 1.36 bits per heavy atom. The molecule has 1 aromatic heterocycles. The minimum atomic E-state index is -0.993. The molecule has 0 fully saturated rings. The molecular formula is C5HBrF2INO. The third-order valence-electron chi connectivity index (χ3n) is 1.00. The molecule has 0 aliphatic carbocycles. The molecule has 0 saturated heterocycles. The molecule has 0 bridgehead atoms. The lowest BCUT2D eigenvalue weighted by Gasteiger charge is -1.95. The van der Waals surface area contributed by atoms with Crippen LogP contribution in [0, 0.1) is 15.5 Å². The quantitative estimate of drug-likeness (QED) is 0.571. The first kappa shape index (κ1) is 9.11. The average Bonchev–Trinajstić information content (AvgIpc) is 1.97. The van der Waals surface area contributed by atoms with E-state index >= 15 is 0 Å². The van der Waals surface area contributed by atoms with E-state index in [1.165, 1.54) is 22.6 Å². The monoisotopic (exact) mass is 335 g/mol. The van der Waals surface area contributed by atoms with Gasteiger partial charge in [0.05, 0.1) is 0 Å². The number of rotatable bonds is 0. The lowest BCUT2D eigenvalue weighted by molar-refractivity contribution is 0.500. The Morgan fingerprint density at radius 3 is 2.45 bits per heavy atom. The highest BCUT2D eigenvalue weighted by atomic mass is 127. The SMILES string of the molecule is O=c1c(Br)c(F)[nH]c(F)c1I. The average molecular weight is 336 g/mol. The van der Waals surface area contributed by atoms with Gasteiger partial charge < -0.3 is 4.98 Å². The van der Waals surface area contributed by atoms with E-state index in [9.17, 15) is 13.6 Å². The molecule has 0 aliphatic rings. The van der Waals surface area contributed by atoms with Crippen LogP contribution in [0.4, 0.5) is 8.78 Å². The maximum atomic E-state index is 12.5. The zero-order valence-electron chi connectivity index (χ0n) is 4.92. The van der Waals surface area contributed by atoms with Gasteiger partial charge in [-0.15, -0.1) is 0 Å². The van der Waals surface area contributed by atoms with E-state index in [2.05, 4.69) is 15.9 Å². The lowest BCUT2D eigenvalue weighted by atomic mass is 10.5. The summed E-state index contributed by atoms with van der Waals surface area (Å²) in [4.78, 5) is 12.6. The third kappa shape index (κ3) is 1.61. The fourth-order valence-electron chi connectivity index (χ4n) is 0.502. The molecule has 1 N–H and O–H groups in total. The molecule has 0 saturated carbocycles. The van der Waals surface area contributed by atoms with Crippen LogP contribution in [0.1, 0.15) is 0 Å². The summed E-state index contributed by atoms with van der Waals surface area (Å²) in [5.74, 6) is -1.94. The molecular weight excluding hydrogens is 335 g/mol. The Bertz CT molecular complexity index is 322. The Hall–Kier alpha value is 0.0200. The molecule has 11 heavy (non-hydrogen) atoms. The van der Waals surface area contributed by atoms with E-state index in [1.807, 2.05) is 0 Å². The normalized spacial score (nSPS) is 10.2. The van der Waals surface area contributed by atoms with Crippen LogP contribution in [0.15, 0.2) is 9.27 Å². The molecule has 1 heterocycles. The van der Waals surface area contributed by atoms with Crippen molar-refractivity contribution in [3.63, 3.8) is 0 Å². The van der Waals surface area contributed by atoms with Gasteiger partial charge in [0.2, 0.25) is 17.3 Å². The molecule has 0 aliphatic heterocycles. The van der Waals surface area contributed by atoms with E-state index < -0.39 is 17.3 Å². The van der Waals surface area contributed by atoms with Gasteiger partial charge in [-0.25, -0.2) is 0 Å². The summed E-state index contributed by atoms with van der Waals surface area (Å²) in [5, 5.41) is 0. The van der Waals surface area contributed by atoms with Gasteiger partial charge in [-0.05, 0) is 38.5 Å². The fraction of sp³-hybridized carbons (Fsp3) is 0. The van der Waals surface area contributed by atoms with Crippen molar-refractivity contribution in [2.45, 2.75) is 0 Å². The van der Waals surface area contributed by atoms with Crippen LogP contribution in [0.5, 0.6) is 0 Å². The molecule has 6 heteroatoms. The summed E-state index contributed by atoms with van der Waals surface area (Å²) in [6, 6.07) is 0. The zero-order valence-corrected chi connectivity index (χ0v) is 8.66. The molecule has 1 aromatic rings. The number of hydrogen-bond donors (Lipinski definition) is 1. The van der Waals surface area contributed by atoms with Crippen molar-refractivity contribution >= 4 is 38.5 Å². The summed E-state index contributed by atoms with van der Waals surface area (Å²) >= 11 is 4.17. The van der Waals surface area contributed by atoms with Crippen molar-refractivity contribution in [2.75, 3.05) is 0 Å². The molecule has 0 radical (unpaired) electrons. The van der Waals surface area contributed by atoms with Gasteiger partial charge in [-0.3, -0.25) is 4.79 Å². The fourth-order valence-corrected chi connectivity index (χ4v) is 1.57. The summed E-state index contributed by atoms with van der Waals surface area (Å²) in [7, 11) is 0. The first-order valence-corrected chi connectivity index (χ1v) is 4.33. The number of H-pyrrole nitrogens is 1. The number of halogens is 4. The Morgan fingerprint density at radius 2 is 1.91 bits per heavy atom. The van der Waals surface area contributed by atoms with Crippen molar-refractivity contribution in [3.05, 3.63) is 30.2 Å². The van der Waals surface area contributed by atoms with E-state index in [1.54, 1.807) is 4.98 Å². The first-order valence-electron chi connectivity index (χ1n) is 2.46. The van der Waals surface area contributed by atoms with Gasteiger partial charge in [0, 0.05) is 0 Å². The predicted octanol–water partition coefficient (Wildman–Crippen LogP) is 2.02. The summed E-state index contributed by atoms with van der Waals surface area (Å²) in [6.07, 6.45) is 0. The van der Waals surface area contributed by atoms with Crippen LogP contribution < -0.4 is 5.43 Å². The number of pyridine rings is 1. The van der Waals surface area contributed by atoms with Crippen molar-refractivity contribution in [3.8, 4) is 0 Å². The van der Waals surface area contributed by atoms with Crippen LogP contribution in [0.3, 0.4) is 0 Å². The molecule has 60 valence electrons. The summed E-state index contributed by atoms with van der Waals surface area (Å²) in [6.45, 7) is 0. The first-order chi connectivity index (χ1) is 5.04. The number of hydrogen-bond acceptors (Lipinski definition) is 1. The highest BCUT2D eigenvalue weighted by molar-refractivity contribution is 14.1. The second kappa shape index (κ2) is 3.18. The number of aromatic nitrogens is 1. The molecule has 0 unspecified atom stereocenters. The third-order valence-corrected chi connectivity index (χ3v) is 2.68. The zero-order chi connectivity index (χ0) is 8.59.